The fourth-order valence-electron chi connectivity index (χ4n) is 2.65. The van der Waals surface area contributed by atoms with Crippen molar-refractivity contribution in [1.82, 2.24) is 15.1 Å². The summed E-state index contributed by atoms with van der Waals surface area (Å²) in [5.41, 5.74) is 0. The SMILES string of the molecule is CC1CN(C(=O)NC2CCN(C)C2=O)CC1C(=O)O. The lowest BCUT2D eigenvalue weighted by molar-refractivity contribution is -0.142. The average molecular weight is 269 g/mol. The van der Waals surface area contributed by atoms with Crippen molar-refractivity contribution in [3.63, 3.8) is 0 Å². The van der Waals surface area contributed by atoms with Crippen molar-refractivity contribution in [2.75, 3.05) is 26.7 Å². The molecule has 2 fully saturated rings. The van der Waals surface area contributed by atoms with E-state index < -0.39 is 17.9 Å². The van der Waals surface area contributed by atoms with Gasteiger partial charge in [0.15, 0.2) is 0 Å². The van der Waals surface area contributed by atoms with Gasteiger partial charge in [-0.25, -0.2) is 4.79 Å². The summed E-state index contributed by atoms with van der Waals surface area (Å²) in [6.45, 7) is 3.08. The molecule has 7 heteroatoms. The third-order valence-electron chi connectivity index (χ3n) is 3.94. The minimum atomic E-state index is -0.875. The summed E-state index contributed by atoms with van der Waals surface area (Å²) in [5.74, 6) is -1.55. The fraction of sp³-hybridized carbons (Fsp3) is 0.750. The van der Waals surface area contributed by atoms with E-state index in [0.29, 0.717) is 19.5 Å². The van der Waals surface area contributed by atoms with Gasteiger partial charge in [-0.1, -0.05) is 6.92 Å². The highest BCUT2D eigenvalue weighted by atomic mass is 16.4. The highest BCUT2D eigenvalue weighted by molar-refractivity contribution is 5.88. The number of carboxylic acid groups (broad SMARTS) is 1. The molecule has 0 saturated carbocycles. The molecule has 0 aromatic heterocycles. The number of rotatable bonds is 2. The number of hydrogen-bond donors (Lipinski definition) is 2. The van der Waals surface area contributed by atoms with Crippen molar-refractivity contribution in [2.45, 2.75) is 19.4 Å². The van der Waals surface area contributed by atoms with Crippen LogP contribution in [0, 0.1) is 11.8 Å². The van der Waals surface area contributed by atoms with Crippen LogP contribution in [0.5, 0.6) is 0 Å². The van der Waals surface area contributed by atoms with Crippen LogP contribution in [0.15, 0.2) is 0 Å². The molecule has 3 unspecified atom stereocenters. The normalized spacial score (nSPS) is 30.8. The molecule has 0 bridgehead atoms. The van der Waals surface area contributed by atoms with Crippen molar-refractivity contribution in [1.29, 1.82) is 0 Å². The second kappa shape index (κ2) is 5.07. The molecule has 106 valence electrons. The Morgan fingerprint density at radius 1 is 1.37 bits per heavy atom. The number of carboxylic acids is 1. The molecular weight excluding hydrogens is 250 g/mol. The number of likely N-dealkylation sites (N-methyl/N-ethyl adjacent to an activating group) is 1. The Labute approximate surface area is 111 Å². The van der Waals surface area contributed by atoms with Gasteiger partial charge in [0.25, 0.3) is 0 Å². The van der Waals surface area contributed by atoms with Crippen molar-refractivity contribution in [3.8, 4) is 0 Å². The largest absolute Gasteiger partial charge is 0.481 e. The second-order valence-electron chi connectivity index (χ2n) is 5.38. The van der Waals surface area contributed by atoms with Gasteiger partial charge in [0.05, 0.1) is 5.92 Å². The summed E-state index contributed by atoms with van der Waals surface area (Å²) in [5, 5.41) is 11.7. The first-order chi connectivity index (χ1) is 8.90. The molecule has 7 nitrogen and oxygen atoms in total. The number of carbonyl (C=O) groups excluding carboxylic acids is 2. The van der Waals surface area contributed by atoms with Crippen molar-refractivity contribution < 1.29 is 19.5 Å². The first-order valence-corrected chi connectivity index (χ1v) is 6.43. The molecule has 2 heterocycles. The maximum Gasteiger partial charge on any atom is 0.318 e. The molecule has 0 aromatic rings. The number of amides is 3. The zero-order valence-corrected chi connectivity index (χ0v) is 11.1. The monoisotopic (exact) mass is 269 g/mol. The Morgan fingerprint density at radius 2 is 2.05 bits per heavy atom. The molecule has 2 N–H and O–H groups in total. The number of urea groups is 1. The van der Waals surface area contributed by atoms with Gasteiger partial charge in [-0.15, -0.1) is 0 Å². The summed E-state index contributed by atoms with van der Waals surface area (Å²) in [6.07, 6.45) is 0.604. The van der Waals surface area contributed by atoms with Crippen LogP contribution in [0.3, 0.4) is 0 Å². The summed E-state index contributed by atoms with van der Waals surface area (Å²) < 4.78 is 0. The number of nitrogens with one attached hydrogen (secondary N) is 1. The first kappa shape index (κ1) is 13.6. The van der Waals surface area contributed by atoms with Crippen LogP contribution >= 0.6 is 0 Å². The standard InChI is InChI=1S/C12H19N3O4/c1-7-5-15(6-8(7)11(17)18)12(19)13-9-3-4-14(2)10(9)16/h7-9H,3-6H2,1-2H3,(H,13,19)(H,17,18). The fourth-order valence-corrected chi connectivity index (χ4v) is 2.65. The topological polar surface area (TPSA) is 90.0 Å². The van der Waals surface area contributed by atoms with E-state index in [4.69, 9.17) is 5.11 Å². The van der Waals surface area contributed by atoms with Crippen LogP contribution in [-0.4, -0.2) is 65.5 Å². The molecule has 2 saturated heterocycles. The van der Waals surface area contributed by atoms with Crippen molar-refractivity contribution in [3.05, 3.63) is 0 Å². The van der Waals surface area contributed by atoms with E-state index in [2.05, 4.69) is 5.32 Å². The van der Waals surface area contributed by atoms with Gasteiger partial charge in [-0.05, 0) is 12.3 Å². The van der Waals surface area contributed by atoms with Crippen LogP contribution in [0.4, 0.5) is 4.79 Å². The zero-order chi connectivity index (χ0) is 14.2. The van der Waals surface area contributed by atoms with E-state index in [1.165, 1.54) is 4.90 Å². The summed E-state index contributed by atoms with van der Waals surface area (Å²) >= 11 is 0. The molecule has 2 aliphatic rings. The minimum Gasteiger partial charge on any atom is -0.481 e. The Morgan fingerprint density at radius 3 is 2.53 bits per heavy atom. The Balaban J connectivity index is 1.91. The lowest BCUT2D eigenvalue weighted by Gasteiger charge is -2.19. The third-order valence-corrected chi connectivity index (χ3v) is 3.94. The van der Waals surface area contributed by atoms with Gasteiger partial charge >= 0.3 is 12.0 Å². The van der Waals surface area contributed by atoms with Gasteiger partial charge in [0.1, 0.15) is 6.04 Å². The van der Waals surface area contributed by atoms with E-state index in [0.717, 1.165) is 0 Å². The number of aliphatic carboxylic acids is 1. The first-order valence-electron chi connectivity index (χ1n) is 6.43. The maximum atomic E-state index is 12.0. The van der Waals surface area contributed by atoms with Crippen LogP contribution in [0.1, 0.15) is 13.3 Å². The minimum absolute atomic E-state index is 0.0646. The highest BCUT2D eigenvalue weighted by Gasteiger charge is 2.38. The number of hydrogen-bond acceptors (Lipinski definition) is 3. The van der Waals surface area contributed by atoms with Crippen molar-refractivity contribution >= 4 is 17.9 Å². The average Bonchev–Trinajstić information content (AvgIpc) is 2.87. The maximum absolute atomic E-state index is 12.0. The third kappa shape index (κ3) is 2.64. The van der Waals surface area contributed by atoms with Gasteiger partial charge in [-0.3, -0.25) is 9.59 Å². The van der Waals surface area contributed by atoms with E-state index in [-0.39, 0.29) is 24.4 Å². The van der Waals surface area contributed by atoms with E-state index in [9.17, 15) is 14.4 Å². The summed E-state index contributed by atoms with van der Waals surface area (Å²) in [4.78, 5) is 37.8. The molecule has 0 spiro atoms. The Bertz CT molecular complexity index is 412. The summed E-state index contributed by atoms with van der Waals surface area (Å²) in [6, 6.07) is -0.819. The molecule has 3 amide bonds. The molecule has 19 heavy (non-hydrogen) atoms. The molecule has 2 aliphatic heterocycles. The molecule has 0 aromatic carbocycles. The lowest BCUT2D eigenvalue weighted by atomic mass is 9.99. The molecule has 3 atom stereocenters. The Hall–Kier alpha value is -1.79. The molecule has 0 radical (unpaired) electrons. The van der Waals surface area contributed by atoms with E-state index >= 15 is 0 Å². The van der Waals surface area contributed by atoms with Crippen LogP contribution < -0.4 is 5.32 Å². The zero-order valence-electron chi connectivity index (χ0n) is 11.1. The smallest absolute Gasteiger partial charge is 0.318 e. The molecule has 0 aliphatic carbocycles. The quantitative estimate of drug-likeness (QED) is 0.712. The summed E-state index contributed by atoms with van der Waals surface area (Å²) in [7, 11) is 1.70. The van der Waals surface area contributed by atoms with E-state index in [1.807, 2.05) is 6.92 Å². The molecule has 2 rings (SSSR count). The van der Waals surface area contributed by atoms with Crippen molar-refractivity contribution in [2.24, 2.45) is 11.8 Å². The predicted molar refractivity (Wildman–Crippen MR) is 66.4 cm³/mol. The Kier molecular flexibility index (Phi) is 3.64. The number of carbonyl (C=O) groups is 3. The van der Waals surface area contributed by atoms with Gasteiger partial charge in [0.2, 0.25) is 5.91 Å². The van der Waals surface area contributed by atoms with Crippen LogP contribution in [0.2, 0.25) is 0 Å². The van der Waals surface area contributed by atoms with Gasteiger partial charge in [0, 0.05) is 26.7 Å². The van der Waals surface area contributed by atoms with Gasteiger partial charge in [-0.2, -0.15) is 0 Å². The number of likely N-dealkylation sites (tertiary alicyclic amines) is 2. The predicted octanol–water partition coefficient (Wildman–Crippen LogP) is -0.421. The molecular formula is C12H19N3O4. The van der Waals surface area contributed by atoms with Gasteiger partial charge < -0.3 is 20.2 Å². The highest BCUT2D eigenvalue weighted by Crippen LogP contribution is 2.23. The van der Waals surface area contributed by atoms with E-state index in [1.54, 1.807) is 11.9 Å². The van der Waals surface area contributed by atoms with Crippen LogP contribution in [-0.2, 0) is 9.59 Å². The second-order valence-corrected chi connectivity index (χ2v) is 5.38. The van der Waals surface area contributed by atoms with Crippen LogP contribution in [0.25, 0.3) is 0 Å². The number of nitrogens with zero attached hydrogens (tertiary/aromatic N) is 2. The lowest BCUT2D eigenvalue weighted by Crippen LogP contribution is -2.47.